The molecule has 0 rings (SSSR count). The molecule has 0 radical (unpaired) electrons. The van der Waals surface area contributed by atoms with Crippen LogP contribution in [0.25, 0.3) is 0 Å². The first kappa shape index (κ1) is 13.5. The van der Waals surface area contributed by atoms with Crippen molar-refractivity contribution in [3.8, 4) is 0 Å². The minimum absolute atomic E-state index is 0.372. The third kappa shape index (κ3) is 12.5. The molecule has 0 saturated carbocycles. The van der Waals surface area contributed by atoms with Crippen molar-refractivity contribution >= 4 is 34.8 Å². The summed E-state index contributed by atoms with van der Waals surface area (Å²) < 4.78 is -1.28. The van der Waals surface area contributed by atoms with Gasteiger partial charge >= 0.3 is 0 Å². The number of rotatable bonds is 4. The predicted molar refractivity (Wildman–Crippen MR) is 52.7 cm³/mol. The van der Waals surface area contributed by atoms with Crippen LogP contribution in [0.4, 0.5) is 0 Å². The first-order chi connectivity index (χ1) is 5.71. The molecule has 0 saturated heterocycles. The average molecular weight is 250 g/mol. The fraction of sp³-hybridized carbons (Fsp3) is 0.714. The molecule has 0 aromatic carbocycles. The third-order valence-electron chi connectivity index (χ3n) is 1.17. The van der Waals surface area contributed by atoms with Gasteiger partial charge in [-0.2, -0.15) is 0 Å². The van der Waals surface area contributed by atoms with Crippen molar-refractivity contribution in [1.82, 2.24) is 0 Å². The quantitative estimate of drug-likeness (QED) is 0.308. The summed E-state index contributed by atoms with van der Waals surface area (Å²) in [6, 6.07) is 0. The van der Waals surface area contributed by atoms with Crippen molar-refractivity contribution in [2.24, 2.45) is 0 Å². The number of allylic oxidation sites excluding steroid dienone is 1. The van der Waals surface area contributed by atoms with Gasteiger partial charge in [0.1, 0.15) is 0 Å². The summed E-state index contributed by atoms with van der Waals surface area (Å²) in [7, 11) is 0. The largest absolute Gasteiger partial charge is 0.340 e. The smallest absolute Gasteiger partial charge is 0.297 e. The van der Waals surface area contributed by atoms with Gasteiger partial charge in [0.25, 0.3) is 5.97 Å². The van der Waals surface area contributed by atoms with Gasteiger partial charge in [0.2, 0.25) is 0 Å². The summed E-state index contributed by atoms with van der Waals surface area (Å²) in [5, 5.41) is 25.3. The summed E-state index contributed by atoms with van der Waals surface area (Å²) in [4.78, 5) is 0. The maximum absolute atomic E-state index is 8.42. The minimum atomic E-state index is -2.75. The topological polar surface area (TPSA) is 60.7 Å². The molecule has 0 unspecified atom stereocenters. The Morgan fingerprint density at radius 1 is 1.08 bits per heavy atom. The highest BCUT2D eigenvalue weighted by atomic mass is 35.6. The zero-order valence-electron chi connectivity index (χ0n) is 6.75. The standard InChI is InChI=1S/C7H11Cl3O3/c8-6(9,10)4-2-1-3-5-7(11,12)13/h3,5,11-13H,1-2,4H2. The highest BCUT2D eigenvalue weighted by molar-refractivity contribution is 6.67. The number of alkyl halides is 3. The Morgan fingerprint density at radius 3 is 2.00 bits per heavy atom. The van der Waals surface area contributed by atoms with Crippen LogP contribution in [0.5, 0.6) is 0 Å². The van der Waals surface area contributed by atoms with Crippen LogP contribution in [0.2, 0.25) is 0 Å². The van der Waals surface area contributed by atoms with Crippen LogP contribution in [-0.4, -0.2) is 25.1 Å². The Bertz CT molecular complexity index is 169. The fourth-order valence-electron chi connectivity index (χ4n) is 0.662. The average Bonchev–Trinajstić information content (AvgIpc) is 1.81. The molecular formula is C7H11Cl3O3. The lowest BCUT2D eigenvalue weighted by Crippen LogP contribution is -2.23. The van der Waals surface area contributed by atoms with Crippen LogP contribution in [-0.2, 0) is 0 Å². The minimum Gasteiger partial charge on any atom is -0.340 e. The second kappa shape index (κ2) is 5.39. The van der Waals surface area contributed by atoms with Gasteiger partial charge in [-0.1, -0.05) is 40.9 Å². The Morgan fingerprint density at radius 2 is 1.62 bits per heavy atom. The lowest BCUT2D eigenvalue weighted by atomic mass is 10.2. The Kier molecular flexibility index (Phi) is 5.59. The number of hydrogen-bond donors (Lipinski definition) is 3. The first-order valence-corrected chi connectivity index (χ1v) is 4.76. The van der Waals surface area contributed by atoms with E-state index in [4.69, 9.17) is 50.1 Å². The molecule has 3 N–H and O–H groups in total. The molecule has 0 aromatic heterocycles. The van der Waals surface area contributed by atoms with Crippen molar-refractivity contribution in [2.45, 2.75) is 29.0 Å². The molecular weight excluding hydrogens is 238 g/mol. The van der Waals surface area contributed by atoms with E-state index in [1.165, 1.54) is 6.08 Å². The van der Waals surface area contributed by atoms with Crippen molar-refractivity contribution in [3.05, 3.63) is 12.2 Å². The Hall–Kier alpha value is 0.490. The summed E-state index contributed by atoms with van der Waals surface area (Å²) >= 11 is 16.4. The van der Waals surface area contributed by atoms with Crippen molar-refractivity contribution in [3.63, 3.8) is 0 Å². The molecule has 13 heavy (non-hydrogen) atoms. The molecule has 78 valence electrons. The van der Waals surface area contributed by atoms with Gasteiger partial charge in [-0.25, -0.2) is 0 Å². The molecule has 0 amide bonds. The normalized spacial score (nSPS) is 14.0. The van der Waals surface area contributed by atoms with Crippen LogP contribution in [0.1, 0.15) is 19.3 Å². The molecule has 0 aliphatic carbocycles. The lowest BCUT2D eigenvalue weighted by molar-refractivity contribution is -0.273. The Labute approximate surface area is 91.5 Å². The summed E-state index contributed by atoms with van der Waals surface area (Å²) in [5.74, 6) is -2.75. The third-order valence-corrected chi connectivity index (χ3v) is 1.74. The van der Waals surface area contributed by atoms with E-state index in [1.54, 1.807) is 0 Å². The second-order valence-electron chi connectivity index (χ2n) is 2.60. The van der Waals surface area contributed by atoms with E-state index < -0.39 is 9.77 Å². The van der Waals surface area contributed by atoms with E-state index in [-0.39, 0.29) is 0 Å². The zero-order valence-corrected chi connectivity index (χ0v) is 9.02. The number of aliphatic hydroxyl groups is 3. The molecule has 0 bridgehead atoms. The highest BCUT2D eigenvalue weighted by Gasteiger charge is 2.18. The SMILES string of the molecule is OC(O)(O)C=CCCCC(Cl)(Cl)Cl. The number of halogens is 3. The second-order valence-corrected chi connectivity index (χ2v) is 5.11. The molecule has 0 aliphatic heterocycles. The lowest BCUT2D eigenvalue weighted by Gasteiger charge is -2.09. The molecule has 0 fully saturated rings. The first-order valence-electron chi connectivity index (χ1n) is 3.62. The van der Waals surface area contributed by atoms with Crippen LogP contribution >= 0.6 is 34.8 Å². The van der Waals surface area contributed by atoms with Gasteiger partial charge in [0.05, 0.1) is 0 Å². The van der Waals surface area contributed by atoms with Gasteiger partial charge in [-0.05, 0) is 25.3 Å². The van der Waals surface area contributed by atoms with Crippen LogP contribution in [0, 0.1) is 0 Å². The van der Waals surface area contributed by atoms with E-state index in [2.05, 4.69) is 0 Å². The molecule has 0 aliphatic rings. The molecule has 0 spiro atoms. The monoisotopic (exact) mass is 248 g/mol. The van der Waals surface area contributed by atoms with Gasteiger partial charge in [-0.3, -0.25) is 0 Å². The molecule has 0 heterocycles. The van der Waals surface area contributed by atoms with E-state index in [0.29, 0.717) is 19.3 Å². The van der Waals surface area contributed by atoms with Crippen LogP contribution < -0.4 is 0 Å². The van der Waals surface area contributed by atoms with Crippen LogP contribution in [0.15, 0.2) is 12.2 Å². The molecule has 0 aromatic rings. The van der Waals surface area contributed by atoms with Gasteiger partial charge in [-0.15, -0.1) is 0 Å². The van der Waals surface area contributed by atoms with Crippen molar-refractivity contribution < 1.29 is 15.3 Å². The number of hydrogen-bond acceptors (Lipinski definition) is 3. The maximum atomic E-state index is 8.42. The zero-order chi connectivity index (χ0) is 10.5. The molecule has 0 atom stereocenters. The van der Waals surface area contributed by atoms with E-state index in [9.17, 15) is 0 Å². The predicted octanol–water partition coefficient (Wildman–Crippen LogP) is 1.71. The fourth-order valence-corrected chi connectivity index (χ4v) is 1.06. The van der Waals surface area contributed by atoms with Gasteiger partial charge in [0.15, 0.2) is 3.79 Å². The molecule has 3 nitrogen and oxygen atoms in total. The van der Waals surface area contributed by atoms with E-state index >= 15 is 0 Å². The maximum Gasteiger partial charge on any atom is 0.297 e. The van der Waals surface area contributed by atoms with Crippen LogP contribution in [0.3, 0.4) is 0 Å². The van der Waals surface area contributed by atoms with Gasteiger partial charge < -0.3 is 15.3 Å². The summed E-state index contributed by atoms with van der Waals surface area (Å²) in [5.41, 5.74) is 0. The summed E-state index contributed by atoms with van der Waals surface area (Å²) in [6.07, 6.45) is 3.71. The van der Waals surface area contributed by atoms with Crippen molar-refractivity contribution in [2.75, 3.05) is 0 Å². The van der Waals surface area contributed by atoms with Gasteiger partial charge in [0, 0.05) is 0 Å². The number of unbranched alkanes of at least 4 members (excludes halogenated alkanes) is 1. The molecule has 6 heteroatoms. The van der Waals surface area contributed by atoms with E-state index in [1.807, 2.05) is 0 Å². The Balaban J connectivity index is 3.53. The van der Waals surface area contributed by atoms with E-state index in [0.717, 1.165) is 6.08 Å². The highest BCUT2D eigenvalue weighted by Crippen LogP contribution is 2.31. The summed E-state index contributed by atoms with van der Waals surface area (Å²) in [6.45, 7) is 0. The van der Waals surface area contributed by atoms with Crippen molar-refractivity contribution in [1.29, 1.82) is 0 Å².